The minimum Gasteiger partial charge on any atom is -0.303 e. The molecule has 0 aromatic carbocycles. The van der Waals surface area contributed by atoms with Crippen molar-refractivity contribution >= 4 is 6.29 Å². The van der Waals surface area contributed by atoms with Crippen molar-refractivity contribution in [2.45, 2.75) is 83.7 Å². The van der Waals surface area contributed by atoms with Crippen LogP contribution in [0.2, 0.25) is 0 Å². The predicted molar refractivity (Wildman–Crippen MR) is 94.9 cm³/mol. The highest BCUT2D eigenvalue weighted by molar-refractivity contribution is 5.52. The summed E-state index contributed by atoms with van der Waals surface area (Å²) in [6, 6.07) is 0. The molecule has 0 N–H and O–H groups in total. The molecule has 0 amide bonds. The summed E-state index contributed by atoms with van der Waals surface area (Å²) in [6.07, 6.45) is 17.9. The Morgan fingerprint density at radius 2 is 1.61 bits per heavy atom. The third-order valence-electron chi connectivity index (χ3n) is 3.67. The van der Waals surface area contributed by atoms with Gasteiger partial charge >= 0.3 is 0 Å². The van der Waals surface area contributed by atoms with Gasteiger partial charge < -0.3 is 4.79 Å². The van der Waals surface area contributed by atoms with Crippen molar-refractivity contribution in [2.75, 3.05) is 0 Å². The van der Waals surface area contributed by atoms with Crippen LogP contribution in [0.1, 0.15) is 77.6 Å². The standard InChI is InChI=1S/C20H32F2O/c1-2-3-4-5-6-7-8-9-11-14-19(21)16-17-20(22)15-12-10-13-18-23/h10,12,15-19H,2-9,11,13-14H2,1H3. The number of carbonyl (C=O) groups excluding carboxylic acids is 1. The van der Waals surface area contributed by atoms with Crippen molar-refractivity contribution in [1.82, 2.24) is 0 Å². The average molecular weight is 326 g/mol. The van der Waals surface area contributed by atoms with Crippen LogP contribution in [-0.2, 0) is 4.79 Å². The molecule has 0 bridgehead atoms. The molecular formula is C20H32F2O. The molecular weight excluding hydrogens is 294 g/mol. The highest BCUT2D eigenvalue weighted by Gasteiger charge is 2.01. The van der Waals surface area contributed by atoms with Crippen LogP contribution in [0.25, 0.3) is 0 Å². The number of hydrogen-bond donors (Lipinski definition) is 0. The van der Waals surface area contributed by atoms with Gasteiger partial charge in [-0.05, 0) is 24.6 Å². The van der Waals surface area contributed by atoms with Gasteiger partial charge in [-0.2, -0.15) is 0 Å². The molecule has 0 saturated carbocycles. The molecule has 1 unspecified atom stereocenters. The summed E-state index contributed by atoms with van der Waals surface area (Å²) in [5, 5.41) is 0. The number of carbonyl (C=O) groups is 1. The largest absolute Gasteiger partial charge is 0.303 e. The molecule has 0 aliphatic heterocycles. The molecule has 132 valence electrons. The van der Waals surface area contributed by atoms with Gasteiger partial charge in [0.05, 0.1) is 0 Å². The van der Waals surface area contributed by atoms with E-state index in [0.29, 0.717) is 6.42 Å². The third kappa shape index (κ3) is 16.9. The van der Waals surface area contributed by atoms with Gasteiger partial charge in [-0.25, -0.2) is 8.78 Å². The van der Waals surface area contributed by atoms with Crippen LogP contribution >= 0.6 is 0 Å². The summed E-state index contributed by atoms with van der Waals surface area (Å²) in [4.78, 5) is 10.1. The number of hydrogen-bond acceptors (Lipinski definition) is 1. The lowest BCUT2D eigenvalue weighted by Gasteiger charge is -2.03. The molecule has 0 saturated heterocycles. The summed E-state index contributed by atoms with van der Waals surface area (Å²) in [6.45, 7) is 2.22. The van der Waals surface area contributed by atoms with Gasteiger partial charge in [0.15, 0.2) is 0 Å². The molecule has 0 aromatic rings. The number of aldehydes is 1. The number of alkyl halides is 1. The van der Waals surface area contributed by atoms with Gasteiger partial charge in [-0.3, -0.25) is 0 Å². The average Bonchev–Trinajstić information content (AvgIpc) is 2.55. The summed E-state index contributed by atoms with van der Waals surface area (Å²) >= 11 is 0. The summed E-state index contributed by atoms with van der Waals surface area (Å²) < 4.78 is 26.9. The van der Waals surface area contributed by atoms with Crippen molar-refractivity contribution in [3.8, 4) is 0 Å². The zero-order valence-corrected chi connectivity index (χ0v) is 14.5. The van der Waals surface area contributed by atoms with E-state index in [-0.39, 0.29) is 6.42 Å². The van der Waals surface area contributed by atoms with E-state index in [2.05, 4.69) is 6.92 Å². The Balaban J connectivity index is 3.60. The molecule has 0 spiro atoms. The van der Waals surface area contributed by atoms with Crippen LogP contribution in [-0.4, -0.2) is 12.5 Å². The fraction of sp³-hybridized carbons (Fsp3) is 0.650. The molecule has 0 aliphatic rings. The maximum atomic E-state index is 13.6. The van der Waals surface area contributed by atoms with Crippen molar-refractivity contribution < 1.29 is 13.6 Å². The molecule has 3 heteroatoms. The van der Waals surface area contributed by atoms with Crippen LogP contribution in [0.3, 0.4) is 0 Å². The van der Waals surface area contributed by atoms with E-state index in [4.69, 9.17) is 0 Å². The molecule has 0 rings (SSSR count). The second kappa shape index (κ2) is 17.1. The highest BCUT2D eigenvalue weighted by Crippen LogP contribution is 2.13. The Kier molecular flexibility index (Phi) is 16.2. The molecule has 23 heavy (non-hydrogen) atoms. The van der Waals surface area contributed by atoms with Crippen molar-refractivity contribution in [3.63, 3.8) is 0 Å². The summed E-state index contributed by atoms with van der Waals surface area (Å²) in [5.41, 5.74) is 0. The molecule has 0 aromatic heterocycles. The molecule has 0 fully saturated rings. The van der Waals surface area contributed by atoms with Crippen molar-refractivity contribution in [3.05, 3.63) is 36.2 Å². The van der Waals surface area contributed by atoms with Gasteiger partial charge in [-0.15, -0.1) is 0 Å². The number of rotatable bonds is 15. The predicted octanol–water partition coefficient (Wildman–Crippen LogP) is 6.80. The van der Waals surface area contributed by atoms with E-state index >= 15 is 0 Å². The van der Waals surface area contributed by atoms with E-state index in [9.17, 15) is 13.6 Å². The van der Waals surface area contributed by atoms with Crippen molar-refractivity contribution in [2.24, 2.45) is 0 Å². The van der Waals surface area contributed by atoms with E-state index < -0.39 is 12.0 Å². The van der Waals surface area contributed by atoms with Gasteiger partial charge in [0.1, 0.15) is 18.3 Å². The van der Waals surface area contributed by atoms with Gasteiger partial charge in [0, 0.05) is 6.42 Å². The number of allylic oxidation sites excluding steroid dienone is 6. The minimum atomic E-state index is -1.09. The Hall–Kier alpha value is -1.25. The lowest BCUT2D eigenvalue weighted by Crippen LogP contribution is -1.94. The van der Waals surface area contributed by atoms with Crippen molar-refractivity contribution in [1.29, 1.82) is 0 Å². The van der Waals surface area contributed by atoms with E-state index in [0.717, 1.165) is 25.2 Å². The first-order valence-electron chi connectivity index (χ1n) is 8.99. The minimum absolute atomic E-state index is 0.262. The Labute approximate surface area is 140 Å². The smallest absolute Gasteiger partial charge is 0.123 e. The first-order chi connectivity index (χ1) is 11.2. The zero-order chi connectivity index (χ0) is 17.2. The van der Waals surface area contributed by atoms with Gasteiger partial charge in [-0.1, -0.05) is 76.9 Å². The second-order valence-corrected chi connectivity index (χ2v) is 5.87. The monoisotopic (exact) mass is 326 g/mol. The fourth-order valence-electron chi connectivity index (χ4n) is 2.29. The summed E-state index contributed by atoms with van der Waals surface area (Å²) in [5.74, 6) is -0.498. The third-order valence-corrected chi connectivity index (χ3v) is 3.67. The number of unbranched alkanes of at least 4 members (excludes halogenated alkanes) is 8. The van der Waals surface area contributed by atoms with E-state index in [1.807, 2.05) is 0 Å². The van der Waals surface area contributed by atoms with Gasteiger partial charge in [0.2, 0.25) is 0 Å². The van der Waals surface area contributed by atoms with Crippen LogP contribution < -0.4 is 0 Å². The molecule has 0 heterocycles. The van der Waals surface area contributed by atoms with Crippen LogP contribution in [0.5, 0.6) is 0 Å². The molecule has 0 radical (unpaired) electrons. The topological polar surface area (TPSA) is 17.1 Å². The molecule has 0 aliphatic carbocycles. The lowest BCUT2D eigenvalue weighted by molar-refractivity contribution is -0.107. The Morgan fingerprint density at radius 1 is 1.00 bits per heavy atom. The summed E-state index contributed by atoms with van der Waals surface area (Å²) in [7, 11) is 0. The number of halogens is 2. The first-order valence-corrected chi connectivity index (χ1v) is 8.99. The molecule has 1 atom stereocenters. The zero-order valence-electron chi connectivity index (χ0n) is 14.5. The van der Waals surface area contributed by atoms with Crippen LogP contribution in [0.15, 0.2) is 36.2 Å². The maximum Gasteiger partial charge on any atom is 0.123 e. The first kappa shape index (κ1) is 21.8. The lowest BCUT2D eigenvalue weighted by atomic mass is 10.1. The quantitative estimate of drug-likeness (QED) is 0.184. The highest BCUT2D eigenvalue weighted by atomic mass is 19.1. The van der Waals surface area contributed by atoms with E-state index in [1.54, 1.807) is 6.08 Å². The maximum absolute atomic E-state index is 13.6. The van der Waals surface area contributed by atoms with Crippen LogP contribution in [0, 0.1) is 0 Å². The molecule has 1 nitrogen and oxygen atoms in total. The van der Waals surface area contributed by atoms with Crippen LogP contribution in [0.4, 0.5) is 8.78 Å². The Bertz CT molecular complexity index is 359. The normalized spacial score (nSPS) is 14.0. The second-order valence-electron chi connectivity index (χ2n) is 5.87. The fourth-order valence-corrected chi connectivity index (χ4v) is 2.29. The SMILES string of the molecule is CCCCCCCCCCCC(F)C=CC(F)=CC=CCC=O. The Morgan fingerprint density at radius 3 is 2.22 bits per heavy atom. The van der Waals surface area contributed by atoms with Gasteiger partial charge in [0.25, 0.3) is 0 Å². The van der Waals surface area contributed by atoms with E-state index in [1.165, 1.54) is 63.2 Å².